The zero-order chi connectivity index (χ0) is 13.3. The minimum absolute atomic E-state index is 0.0959. The summed E-state index contributed by atoms with van der Waals surface area (Å²) in [5.41, 5.74) is 0. The van der Waals surface area contributed by atoms with E-state index in [9.17, 15) is 4.79 Å². The summed E-state index contributed by atoms with van der Waals surface area (Å²) in [5.74, 6) is -0.310. The van der Waals surface area contributed by atoms with Gasteiger partial charge in [-0.15, -0.1) is 6.58 Å². The fraction of sp³-hybridized carbons (Fsp3) is 0.769. The van der Waals surface area contributed by atoms with E-state index >= 15 is 0 Å². The van der Waals surface area contributed by atoms with Crippen molar-refractivity contribution in [3.63, 3.8) is 0 Å². The molecule has 0 aromatic carbocycles. The van der Waals surface area contributed by atoms with Gasteiger partial charge in [0, 0.05) is 0 Å². The Morgan fingerprint density at radius 2 is 2.12 bits per heavy atom. The van der Waals surface area contributed by atoms with E-state index in [1.165, 1.54) is 0 Å². The Morgan fingerprint density at radius 1 is 1.53 bits per heavy atom. The van der Waals surface area contributed by atoms with Crippen LogP contribution in [0.25, 0.3) is 0 Å². The number of hydrogen-bond acceptors (Lipinski definition) is 3. The second-order valence-corrected chi connectivity index (χ2v) is 10.9. The number of allylic oxidation sites excluding steroid dienone is 1. The van der Waals surface area contributed by atoms with E-state index in [-0.39, 0.29) is 23.0 Å². The molecule has 0 radical (unpaired) electrons. The molecule has 1 heterocycles. The van der Waals surface area contributed by atoms with Crippen LogP contribution in [0.1, 0.15) is 27.2 Å². The summed E-state index contributed by atoms with van der Waals surface area (Å²) in [6, 6.07) is 0. The number of carbonyl (C=O) groups excluding carboxylic acids is 1. The lowest BCUT2D eigenvalue weighted by atomic mass is 10.0. The lowest BCUT2D eigenvalue weighted by Gasteiger charge is -2.38. The molecule has 4 heteroatoms. The van der Waals surface area contributed by atoms with Gasteiger partial charge in [0.1, 0.15) is 6.61 Å². The third-order valence-electron chi connectivity index (χ3n) is 3.81. The molecule has 0 unspecified atom stereocenters. The molecule has 0 amide bonds. The molecule has 0 aromatic heterocycles. The SMILES string of the molecule is C=CC[C@@H]1C(=O)OC[C@@H]1O[Si](C)(C)C(C)(C)C. The van der Waals surface area contributed by atoms with E-state index in [2.05, 4.69) is 40.4 Å². The van der Waals surface area contributed by atoms with Crippen molar-refractivity contribution in [1.82, 2.24) is 0 Å². The predicted molar refractivity (Wildman–Crippen MR) is 71.3 cm³/mol. The first-order valence-corrected chi connectivity index (χ1v) is 9.05. The highest BCUT2D eigenvalue weighted by atomic mass is 28.4. The predicted octanol–water partition coefficient (Wildman–Crippen LogP) is 3.13. The third-order valence-corrected chi connectivity index (χ3v) is 8.32. The van der Waals surface area contributed by atoms with Gasteiger partial charge in [-0.2, -0.15) is 0 Å². The van der Waals surface area contributed by atoms with Gasteiger partial charge in [-0.3, -0.25) is 4.79 Å². The molecular formula is C13H24O3Si. The second kappa shape index (κ2) is 4.94. The van der Waals surface area contributed by atoms with Crippen molar-refractivity contribution in [3.8, 4) is 0 Å². The van der Waals surface area contributed by atoms with Gasteiger partial charge in [-0.25, -0.2) is 0 Å². The van der Waals surface area contributed by atoms with Crippen molar-refractivity contribution >= 4 is 14.3 Å². The molecule has 1 aliphatic rings. The number of ether oxygens (including phenoxy) is 1. The van der Waals surface area contributed by atoms with Crippen LogP contribution >= 0.6 is 0 Å². The Kier molecular flexibility index (Phi) is 4.20. The number of hydrogen-bond donors (Lipinski definition) is 0. The highest BCUT2D eigenvalue weighted by molar-refractivity contribution is 6.74. The fourth-order valence-corrected chi connectivity index (χ4v) is 2.98. The summed E-state index contributed by atoms with van der Waals surface area (Å²) in [6.45, 7) is 15.1. The van der Waals surface area contributed by atoms with E-state index in [0.717, 1.165) is 0 Å². The monoisotopic (exact) mass is 256 g/mol. The van der Waals surface area contributed by atoms with Crippen LogP contribution < -0.4 is 0 Å². The molecule has 3 nitrogen and oxygen atoms in total. The molecule has 0 aliphatic carbocycles. The maximum Gasteiger partial charge on any atom is 0.312 e. The average Bonchev–Trinajstić information content (AvgIpc) is 2.48. The molecule has 0 saturated carbocycles. The van der Waals surface area contributed by atoms with Crippen LogP contribution in [0.5, 0.6) is 0 Å². The average molecular weight is 256 g/mol. The first-order chi connectivity index (χ1) is 7.69. The molecule has 2 atom stereocenters. The van der Waals surface area contributed by atoms with Crippen LogP contribution in [0.4, 0.5) is 0 Å². The number of esters is 1. The minimum atomic E-state index is -1.84. The summed E-state index contributed by atoms with van der Waals surface area (Å²) in [6.07, 6.45) is 2.30. The van der Waals surface area contributed by atoms with Crippen LogP contribution in [0.3, 0.4) is 0 Å². The molecule has 1 saturated heterocycles. The summed E-state index contributed by atoms with van der Waals surface area (Å²) in [4.78, 5) is 11.6. The molecule has 1 rings (SSSR count). The molecule has 1 fully saturated rings. The molecule has 0 aromatic rings. The molecular weight excluding hydrogens is 232 g/mol. The summed E-state index contributed by atoms with van der Waals surface area (Å²) >= 11 is 0. The Labute approximate surface area is 105 Å². The van der Waals surface area contributed by atoms with Crippen LogP contribution in [-0.2, 0) is 14.0 Å². The Bertz CT molecular complexity index is 304. The largest absolute Gasteiger partial charge is 0.463 e. The van der Waals surface area contributed by atoms with Gasteiger partial charge >= 0.3 is 5.97 Å². The van der Waals surface area contributed by atoms with Crippen molar-refractivity contribution in [1.29, 1.82) is 0 Å². The standard InChI is InChI=1S/C13H24O3Si/c1-7-8-10-11(9-15-12(10)14)16-17(5,6)13(2,3)4/h7,10-11H,1,8-9H2,2-6H3/t10-,11-/m0/s1. The maximum absolute atomic E-state index is 11.6. The van der Waals surface area contributed by atoms with Crippen molar-refractivity contribution < 1.29 is 14.0 Å². The minimum Gasteiger partial charge on any atom is -0.463 e. The Morgan fingerprint density at radius 3 is 2.59 bits per heavy atom. The van der Waals surface area contributed by atoms with Gasteiger partial charge in [-0.1, -0.05) is 26.8 Å². The van der Waals surface area contributed by atoms with Crippen molar-refractivity contribution in [3.05, 3.63) is 12.7 Å². The third kappa shape index (κ3) is 3.19. The van der Waals surface area contributed by atoms with Crippen LogP contribution in [0.2, 0.25) is 18.1 Å². The van der Waals surface area contributed by atoms with E-state index in [1.807, 2.05) is 0 Å². The lowest BCUT2D eigenvalue weighted by Crippen LogP contribution is -2.45. The summed E-state index contributed by atoms with van der Waals surface area (Å²) in [7, 11) is -1.84. The normalized spacial score (nSPS) is 25.8. The smallest absolute Gasteiger partial charge is 0.312 e. The topological polar surface area (TPSA) is 35.5 Å². The van der Waals surface area contributed by atoms with Gasteiger partial charge in [0.2, 0.25) is 0 Å². The number of cyclic esters (lactones) is 1. The van der Waals surface area contributed by atoms with E-state index in [0.29, 0.717) is 13.0 Å². The quantitative estimate of drug-likeness (QED) is 0.440. The van der Waals surface area contributed by atoms with Crippen LogP contribution in [0, 0.1) is 5.92 Å². The fourth-order valence-electron chi connectivity index (χ4n) is 1.64. The van der Waals surface area contributed by atoms with Crippen molar-refractivity contribution in [2.45, 2.75) is 51.4 Å². The first kappa shape index (κ1) is 14.4. The molecule has 0 bridgehead atoms. The highest BCUT2D eigenvalue weighted by Gasteiger charge is 2.45. The van der Waals surface area contributed by atoms with Gasteiger partial charge in [0.25, 0.3) is 0 Å². The number of rotatable bonds is 4. The zero-order valence-electron chi connectivity index (χ0n) is 11.6. The first-order valence-electron chi connectivity index (χ1n) is 6.14. The zero-order valence-corrected chi connectivity index (χ0v) is 12.6. The van der Waals surface area contributed by atoms with Crippen LogP contribution in [-0.4, -0.2) is 27.0 Å². The molecule has 0 spiro atoms. The maximum atomic E-state index is 11.6. The Balaban J connectivity index is 2.74. The highest BCUT2D eigenvalue weighted by Crippen LogP contribution is 2.39. The van der Waals surface area contributed by atoms with Crippen molar-refractivity contribution in [2.24, 2.45) is 5.92 Å². The van der Waals surface area contributed by atoms with E-state index in [1.54, 1.807) is 6.08 Å². The Hall–Kier alpha value is -0.613. The molecule has 98 valence electrons. The molecule has 1 aliphatic heterocycles. The van der Waals surface area contributed by atoms with Gasteiger partial charge in [0.15, 0.2) is 8.32 Å². The van der Waals surface area contributed by atoms with Crippen molar-refractivity contribution in [2.75, 3.05) is 6.61 Å². The van der Waals surface area contributed by atoms with Crippen LogP contribution in [0.15, 0.2) is 12.7 Å². The van der Waals surface area contributed by atoms with Gasteiger partial charge in [0.05, 0.1) is 12.0 Å². The van der Waals surface area contributed by atoms with Gasteiger partial charge < -0.3 is 9.16 Å². The molecule has 0 N–H and O–H groups in total. The second-order valence-electron chi connectivity index (χ2n) is 6.18. The summed E-state index contributed by atoms with van der Waals surface area (Å²) < 4.78 is 11.3. The van der Waals surface area contributed by atoms with E-state index in [4.69, 9.17) is 9.16 Å². The lowest BCUT2D eigenvalue weighted by molar-refractivity contribution is -0.141. The van der Waals surface area contributed by atoms with E-state index < -0.39 is 8.32 Å². The summed E-state index contributed by atoms with van der Waals surface area (Å²) in [5, 5.41) is 0.150. The molecule has 17 heavy (non-hydrogen) atoms. The van der Waals surface area contributed by atoms with Gasteiger partial charge in [-0.05, 0) is 24.6 Å². The number of carbonyl (C=O) groups is 1.